The largest absolute Gasteiger partial charge is 0.480 e. The Morgan fingerprint density at radius 3 is 2.31 bits per heavy atom. The number of carbonyl (C=O) groups is 1. The zero-order valence-electron chi connectivity index (χ0n) is 17.6. The fourth-order valence-corrected chi connectivity index (χ4v) is 3.94. The Labute approximate surface area is 185 Å². The Hall–Kier alpha value is -3.62. The lowest BCUT2D eigenvalue weighted by Gasteiger charge is -2.19. The molecular formula is C24H25N3O5. The number of nitrogens with two attached hydrogens (primary N) is 1. The third-order valence-electron chi connectivity index (χ3n) is 5.57. The van der Waals surface area contributed by atoms with E-state index in [0.29, 0.717) is 5.69 Å². The summed E-state index contributed by atoms with van der Waals surface area (Å²) in [6.07, 6.45) is -3.31. The highest BCUT2D eigenvalue weighted by molar-refractivity contribution is 5.79. The van der Waals surface area contributed by atoms with E-state index in [2.05, 4.69) is 22.4 Å². The summed E-state index contributed by atoms with van der Waals surface area (Å²) in [5.74, 6) is 0.0911. The number of nitrogens with one attached hydrogen (secondary N) is 1. The summed E-state index contributed by atoms with van der Waals surface area (Å²) in [6, 6.07) is 19.1. The SMILES string of the molecule is COc1nc(C(O)C(O)CNC(=O)OCC2c3ccccc3-c3ccccc32)ccc1N. The van der Waals surface area contributed by atoms with E-state index >= 15 is 0 Å². The van der Waals surface area contributed by atoms with Crippen molar-refractivity contribution in [2.45, 2.75) is 18.1 Å². The molecule has 1 heterocycles. The summed E-state index contributed by atoms with van der Waals surface area (Å²) in [7, 11) is 1.41. The maximum atomic E-state index is 12.3. The van der Waals surface area contributed by atoms with E-state index in [1.54, 1.807) is 0 Å². The van der Waals surface area contributed by atoms with E-state index < -0.39 is 18.3 Å². The van der Waals surface area contributed by atoms with Crippen LogP contribution in [0.1, 0.15) is 28.8 Å². The van der Waals surface area contributed by atoms with Crippen LogP contribution in [-0.4, -0.2) is 47.7 Å². The van der Waals surface area contributed by atoms with Crippen molar-refractivity contribution in [1.82, 2.24) is 10.3 Å². The van der Waals surface area contributed by atoms with E-state index in [4.69, 9.17) is 15.2 Å². The summed E-state index contributed by atoms with van der Waals surface area (Å²) in [5, 5.41) is 23.1. The number of aromatic nitrogens is 1. The Bertz CT molecular complexity index is 1070. The highest BCUT2D eigenvalue weighted by Crippen LogP contribution is 2.44. The van der Waals surface area contributed by atoms with Crippen LogP contribution >= 0.6 is 0 Å². The van der Waals surface area contributed by atoms with Crippen molar-refractivity contribution < 1.29 is 24.5 Å². The van der Waals surface area contributed by atoms with Crippen LogP contribution in [0.5, 0.6) is 5.88 Å². The normalized spacial score (nSPS) is 14.2. The lowest BCUT2D eigenvalue weighted by atomic mass is 9.98. The number of anilines is 1. The van der Waals surface area contributed by atoms with Gasteiger partial charge in [-0.1, -0.05) is 48.5 Å². The average Bonchev–Trinajstić information content (AvgIpc) is 3.14. The third-order valence-corrected chi connectivity index (χ3v) is 5.57. The summed E-state index contributed by atoms with van der Waals surface area (Å²) in [5.41, 5.74) is 10.7. The number of nitrogens with zero attached hydrogens (tertiary/aromatic N) is 1. The maximum Gasteiger partial charge on any atom is 0.407 e. The molecule has 2 atom stereocenters. The molecule has 0 bridgehead atoms. The topological polar surface area (TPSA) is 127 Å². The average molecular weight is 435 g/mol. The second-order valence-electron chi connectivity index (χ2n) is 7.55. The number of carbonyl (C=O) groups excluding carboxylic acids is 1. The van der Waals surface area contributed by atoms with Gasteiger partial charge >= 0.3 is 6.09 Å². The van der Waals surface area contributed by atoms with Crippen molar-refractivity contribution in [3.8, 4) is 17.0 Å². The summed E-state index contributed by atoms with van der Waals surface area (Å²) < 4.78 is 10.5. The van der Waals surface area contributed by atoms with Gasteiger partial charge in [0.15, 0.2) is 0 Å². The van der Waals surface area contributed by atoms with Crippen LogP contribution in [0.3, 0.4) is 0 Å². The van der Waals surface area contributed by atoms with Crippen molar-refractivity contribution in [1.29, 1.82) is 0 Å². The number of aliphatic hydroxyl groups is 2. The molecule has 1 aliphatic carbocycles. The smallest absolute Gasteiger partial charge is 0.407 e. The molecule has 5 N–H and O–H groups in total. The summed E-state index contributed by atoms with van der Waals surface area (Å²) in [6.45, 7) is -0.0541. The molecule has 1 aliphatic rings. The van der Waals surface area contributed by atoms with E-state index in [1.165, 1.54) is 19.2 Å². The molecule has 1 aromatic heterocycles. The van der Waals surface area contributed by atoms with Crippen LogP contribution in [0.4, 0.5) is 10.5 Å². The molecule has 0 saturated carbocycles. The van der Waals surface area contributed by atoms with Crippen LogP contribution in [0, 0.1) is 0 Å². The lowest BCUT2D eigenvalue weighted by Crippen LogP contribution is -2.36. The maximum absolute atomic E-state index is 12.3. The van der Waals surface area contributed by atoms with Gasteiger partial charge in [0.1, 0.15) is 18.8 Å². The van der Waals surface area contributed by atoms with Crippen LogP contribution in [-0.2, 0) is 4.74 Å². The molecule has 0 aliphatic heterocycles. The molecule has 32 heavy (non-hydrogen) atoms. The van der Waals surface area contributed by atoms with Crippen LogP contribution in [0.2, 0.25) is 0 Å². The minimum absolute atomic E-state index is 0.0601. The van der Waals surface area contributed by atoms with Crippen molar-refractivity contribution in [2.75, 3.05) is 26.0 Å². The number of benzene rings is 2. The second kappa shape index (κ2) is 9.25. The number of methoxy groups -OCH3 is 1. The monoisotopic (exact) mass is 435 g/mol. The molecule has 2 unspecified atom stereocenters. The quantitative estimate of drug-likeness (QED) is 0.449. The standard InChI is InChI=1S/C24H25N3O5/c1-31-23-19(25)10-11-20(27-23)22(29)21(28)12-26-24(30)32-13-18-16-8-4-2-6-14(16)15-7-3-5-9-17(15)18/h2-11,18,21-22,28-29H,12-13,25H2,1H3,(H,26,30). The van der Waals surface area contributed by atoms with Gasteiger partial charge in [-0.15, -0.1) is 0 Å². The Kier molecular flexibility index (Phi) is 6.25. The van der Waals surface area contributed by atoms with E-state index in [-0.39, 0.29) is 30.6 Å². The molecule has 2 aromatic carbocycles. The first-order valence-electron chi connectivity index (χ1n) is 10.2. The second-order valence-corrected chi connectivity index (χ2v) is 7.55. The molecule has 0 radical (unpaired) electrons. The minimum Gasteiger partial charge on any atom is -0.480 e. The molecule has 0 fully saturated rings. The fourth-order valence-electron chi connectivity index (χ4n) is 3.94. The zero-order valence-corrected chi connectivity index (χ0v) is 17.6. The Morgan fingerprint density at radius 2 is 1.69 bits per heavy atom. The van der Waals surface area contributed by atoms with Gasteiger partial charge in [0, 0.05) is 12.5 Å². The Morgan fingerprint density at radius 1 is 1.06 bits per heavy atom. The highest BCUT2D eigenvalue weighted by Gasteiger charge is 2.29. The van der Waals surface area contributed by atoms with Crippen LogP contribution in [0.15, 0.2) is 60.7 Å². The molecule has 8 heteroatoms. The van der Waals surface area contributed by atoms with E-state index in [0.717, 1.165) is 22.3 Å². The fraction of sp³-hybridized carbons (Fsp3) is 0.250. The van der Waals surface area contributed by atoms with E-state index in [1.807, 2.05) is 36.4 Å². The first-order chi connectivity index (χ1) is 15.5. The molecule has 0 saturated heterocycles. The number of fused-ring (bicyclic) bond motifs is 3. The number of rotatable bonds is 7. The van der Waals surface area contributed by atoms with Gasteiger partial charge in [-0.3, -0.25) is 0 Å². The molecule has 1 amide bonds. The van der Waals surface area contributed by atoms with Gasteiger partial charge in [-0.2, -0.15) is 0 Å². The minimum atomic E-state index is -1.33. The predicted octanol–water partition coefficient (Wildman–Crippen LogP) is 2.61. The van der Waals surface area contributed by atoms with E-state index in [9.17, 15) is 15.0 Å². The van der Waals surface area contributed by atoms with Gasteiger partial charge in [-0.25, -0.2) is 9.78 Å². The number of amides is 1. The first-order valence-corrected chi connectivity index (χ1v) is 10.2. The zero-order chi connectivity index (χ0) is 22.7. The van der Waals surface area contributed by atoms with Crippen molar-refractivity contribution >= 4 is 11.8 Å². The highest BCUT2D eigenvalue weighted by atomic mass is 16.5. The number of ether oxygens (including phenoxy) is 2. The first kappa shape index (κ1) is 21.6. The molecule has 0 spiro atoms. The number of hydrogen-bond donors (Lipinski definition) is 4. The molecule has 3 aromatic rings. The number of alkyl carbamates (subject to hydrolysis) is 1. The van der Waals surface area contributed by atoms with Gasteiger partial charge in [0.2, 0.25) is 5.88 Å². The van der Waals surface area contributed by atoms with Crippen molar-refractivity contribution in [3.63, 3.8) is 0 Å². The molecule has 8 nitrogen and oxygen atoms in total. The summed E-state index contributed by atoms with van der Waals surface area (Å²) >= 11 is 0. The van der Waals surface area contributed by atoms with Crippen molar-refractivity contribution in [3.05, 3.63) is 77.5 Å². The number of hydrogen-bond acceptors (Lipinski definition) is 7. The van der Waals surface area contributed by atoms with Gasteiger partial charge < -0.3 is 30.7 Å². The van der Waals surface area contributed by atoms with Gasteiger partial charge in [0.05, 0.1) is 18.5 Å². The summed E-state index contributed by atoms with van der Waals surface area (Å²) in [4.78, 5) is 16.3. The number of nitrogen functional groups attached to an aromatic ring is 1. The van der Waals surface area contributed by atoms with Gasteiger partial charge in [-0.05, 0) is 34.4 Å². The van der Waals surface area contributed by atoms with Gasteiger partial charge in [0.25, 0.3) is 0 Å². The Balaban J connectivity index is 1.34. The van der Waals surface area contributed by atoms with Crippen molar-refractivity contribution in [2.24, 2.45) is 0 Å². The predicted molar refractivity (Wildman–Crippen MR) is 119 cm³/mol. The number of aliphatic hydroxyl groups excluding tert-OH is 2. The molecule has 166 valence electrons. The number of pyridine rings is 1. The van der Waals surface area contributed by atoms with Crippen LogP contribution < -0.4 is 15.8 Å². The molecule has 4 rings (SSSR count). The van der Waals surface area contributed by atoms with Crippen LogP contribution in [0.25, 0.3) is 11.1 Å². The third kappa shape index (κ3) is 4.23. The molecular weight excluding hydrogens is 410 g/mol. The lowest BCUT2D eigenvalue weighted by molar-refractivity contribution is 0.0158.